The average Bonchev–Trinajstić information content (AvgIpc) is 2.45. The molecule has 6 heteroatoms. The van der Waals surface area contributed by atoms with Gasteiger partial charge in [-0.05, 0) is 31.3 Å². The van der Waals surface area contributed by atoms with E-state index in [1.54, 1.807) is 0 Å². The smallest absolute Gasteiger partial charge is 0.407 e. The lowest BCUT2D eigenvalue weighted by Crippen LogP contribution is -2.52. The Morgan fingerprint density at radius 3 is 2.64 bits per heavy atom. The molecule has 0 spiro atoms. The van der Waals surface area contributed by atoms with E-state index in [1.807, 2.05) is 0 Å². The fraction of sp³-hybridized carbons (Fsp3) is 0.938. The first kappa shape index (κ1) is 19.6. The minimum atomic E-state index is -1.02. The van der Waals surface area contributed by atoms with Gasteiger partial charge in [0.2, 0.25) is 0 Å². The molecule has 0 bridgehead atoms. The monoisotopic (exact) mass is 334 g/mol. The lowest BCUT2D eigenvalue weighted by atomic mass is 10.1. The lowest BCUT2D eigenvalue weighted by molar-refractivity contribution is 0.127. The van der Waals surface area contributed by atoms with E-state index < -0.39 is 16.4 Å². The standard InChI is InChI=1S/C16H34N2O3S/c1-6-22(5,16(2,3)4)21-12-8-7-9-14-13-18(15(19)20)11-10-17-14/h14,17H,6-13H2,1-5H3,(H,19,20). The number of hydrogen-bond donors (Lipinski definition) is 2. The molecule has 0 radical (unpaired) electrons. The van der Waals surface area contributed by atoms with Crippen molar-refractivity contribution in [3.05, 3.63) is 0 Å². The summed E-state index contributed by atoms with van der Waals surface area (Å²) >= 11 is 0. The summed E-state index contributed by atoms with van der Waals surface area (Å²) in [5.41, 5.74) is 0. The minimum Gasteiger partial charge on any atom is -0.465 e. The summed E-state index contributed by atoms with van der Waals surface area (Å²) in [7, 11) is -1.02. The van der Waals surface area contributed by atoms with Crippen molar-refractivity contribution in [2.75, 3.05) is 38.2 Å². The number of carbonyl (C=O) groups is 1. The van der Waals surface area contributed by atoms with E-state index >= 15 is 0 Å². The van der Waals surface area contributed by atoms with Crippen molar-refractivity contribution < 1.29 is 14.1 Å². The molecule has 1 saturated heterocycles. The number of unbranched alkanes of at least 4 members (excludes halogenated alkanes) is 1. The largest absolute Gasteiger partial charge is 0.465 e. The van der Waals surface area contributed by atoms with Crippen LogP contribution < -0.4 is 5.32 Å². The van der Waals surface area contributed by atoms with Crippen LogP contribution in [0.25, 0.3) is 0 Å². The SMILES string of the molecule is CCS(C)(OCCCCC1CN(C(=O)O)CCN1)C(C)(C)C. The molecule has 1 aliphatic rings. The first-order chi connectivity index (χ1) is 10.2. The van der Waals surface area contributed by atoms with Gasteiger partial charge < -0.3 is 19.5 Å². The topological polar surface area (TPSA) is 61.8 Å². The summed E-state index contributed by atoms with van der Waals surface area (Å²) in [4.78, 5) is 12.5. The third-order valence-electron chi connectivity index (χ3n) is 4.66. The molecule has 0 aromatic carbocycles. The predicted molar refractivity (Wildman–Crippen MR) is 95.0 cm³/mol. The highest BCUT2D eigenvalue weighted by Gasteiger charge is 2.31. The van der Waals surface area contributed by atoms with Crippen molar-refractivity contribution in [3.8, 4) is 0 Å². The summed E-state index contributed by atoms with van der Waals surface area (Å²) in [5, 5.41) is 12.4. The molecular formula is C16H34N2O3S. The molecule has 1 heterocycles. The number of nitrogens with zero attached hydrogens (tertiary/aromatic N) is 1. The molecule has 0 saturated carbocycles. The van der Waals surface area contributed by atoms with Crippen molar-refractivity contribution in [1.29, 1.82) is 0 Å². The zero-order valence-corrected chi connectivity index (χ0v) is 15.7. The van der Waals surface area contributed by atoms with Crippen LogP contribution in [0, 0.1) is 0 Å². The molecule has 2 unspecified atom stereocenters. The number of hydrogen-bond acceptors (Lipinski definition) is 3. The third-order valence-corrected chi connectivity index (χ3v) is 9.04. The van der Waals surface area contributed by atoms with Gasteiger partial charge in [-0.25, -0.2) is 4.79 Å². The first-order valence-corrected chi connectivity index (χ1v) is 10.4. The number of rotatable bonds is 7. The van der Waals surface area contributed by atoms with Gasteiger partial charge in [0.05, 0.1) is 6.61 Å². The number of piperazine rings is 1. The van der Waals surface area contributed by atoms with Gasteiger partial charge in [-0.1, -0.05) is 27.7 Å². The fourth-order valence-corrected chi connectivity index (χ4v) is 4.49. The Balaban J connectivity index is 2.24. The second kappa shape index (κ2) is 8.41. The van der Waals surface area contributed by atoms with Gasteiger partial charge in [-0.3, -0.25) is 0 Å². The van der Waals surface area contributed by atoms with Gasteiger partial charge in [0.15, 0.2) is 0 Å². The Labute approximate surface area is 137 Å². The highest BCUT2D eigenvalue weighted by atomic mass is 32.3. The summed E-state index contributed by atoms with van der Waals surface area (Å²) in [6.07, 6.45) is 4.61. The minimum absolute atomic E-state index is 0.217. The second-order valence-electron chi connectivity index (χ2n) is 7.10. The van der Waals surface area contributed by atoms with E-state index in [9.17, 15) is 4.79 Å². The molecule has 1 amide bonds. The maximum atomic E-state index is 11.0. The second-order valence-corrected chi connectivity index (χ2v) is 11.2. The Morgan fingerprint density at radius 1 is 1.41 bits per heavy atom. The van der Waals surface area contributed by atoms with Crippen LogP contribution >= 0.6 is 10.3 Å². The van der Waals surface area contributed by atoms with Gasteiger partial charge in [0.1, 0.15) is 0 Å². The third kappa shape index (κ3) is 5.63. The van der Waals surface area contributed by atoms with Gasteiger partial charge >= 0.3 is 6.09 Å². The molecule has 1 aliphatic heterocycles. The van der Waals surface area contributed by atoms with Crippen LogP contribution in [0.5, 0.6) is 0 Å². The normalized spacial score (nSPS) is 23.9. The first-order valence-electron chi connectivity index (χ1n) is 8.31. The molecule has 1 fully saturated rings. The summed E-state index contributed by atoms with van der Waals surface area (Å²) < 4.78 is 6.47. The van der Waals surface area contributed by atoms with Crippen LogP contribution in [0.3, 0.4) is 0 Å². The number of nitrogens with one attached hydrogen (secondary N) is 1. The molecule has 2 atom stereocenters. The van der Waals surface area contributed by atoms with Crippen LogP contribution in [0.4, 0.5) is 4.79 Å². The van der Waals surface area contributed by atoms with Crippen molar-refractivity contribution in [2.45, 2.75) is 57.7 Å². The maximum Gasteiger partial charge on any atom is 0.407 e. The highest BCUT2D eigenvalue weighted by molar-refractivity contribution is 8.30. The van der Waals surface area contributed by atoms with Crippen LogP contribution in [0.1, 0.15) is 47.0 Å². The molecule has 0 aromatic heterocycles. The van der Waals surface area contributed by atoms with Crippen LogP contribution in [0.15, 0.2) is 0 Å². The molecule has 22 heavy (non-hydrogen) atoms. The van der Waals surface area contributed by atoms with E-state index in [0.717, 1.165) is 38.2 Å². The van der Waals surface area contributed by atoms with Crippen molar-refractivity contribution in [2.24, 2.45) is 0 Å². The number of carboxylic acid groups (broad SMARTS) is 1. The number of amides is 1. The van der Waals surface area contributed by atoms with Gasteiger partial charge in [-0.15, -0.1) is 10.3 Å². The summed E-state index contributed by atoms with van der Waals surface area (Å²) in [6, 6.07) is 0.289. The van der Waals surface area contributed by atoms with E-state index in [4.69, 9.17) is 9.29 Å². The summed E-state index contributed by atoms with van der Waals surface area (Å²) in [5.74, 6) is 1.09. The highest BCUT2D eigenvalue weighted by Crippen LogP contribution is 2.56. The zero-order valence-electron chi connectivity index (χ0n) is 14.9. The quantitative estimate of drug-likeness (QED) is 0.701. The molecule has 0 aromatic rings. The predicted octanol–water partition coefficient (Wildman–Crippen LogP) is 3.29. The molecule has 5 nitrogen and oxygen atoms in total. The zero-order chi connectivity index (χ0) is 16.8. The molecule has 0 aliphatic carbocycles. The Morgan fingerprint density at radius 2 is 2.09 bits per heavy atom. The van der Waals surface area contributed by atoms with Crippen molar-refractivity contribution >= 4 is 16.4 Å². The molecule has 2 N–H and O–H groups in total. The Kier molecular flexibility index (Phi) is 7.49. The van der Waals surface area contributed by atoms with E-state index in [2.05, 4.69) is 39.3 Å². The van der Waals surface area contributed by atoms with Crippen molar-refractivity contribution in [3.63, 3.8) is 0 Å². The lowest BCUT2D eigenvalue weighted by Gasteiger charge is -2.46. The maximum absolute atomic E-state index is 11.0. The molecular weight excluding hydrogens is 300 g/mol. The Bertz CT molecular complexity index is 360. The van der Waals surface area contributed by atoms with Crippen LogP contribution in [-0.4, -0.2) is 65.1 Å². The van der Waals surface area contributed by atoms with E-state index in [0.29, 0.717) is 13.1 Å². The molecule has 132 valence electrons. The van der Waals surface area contributed by atoms with Gasteiger partial charge in [-0.2, -0.15) is 0 Å². The Hall–Kier alpha value is -0.460. The van der Waals surface area contributed by atoms with E-state index in [-0.39, 0.29) is 10.8 Å². The average molecular weight is 335 g/mol. The van der Waals surface area contributed by atoms with Gasteiger partial charge in [0, 0.05) is 30.4 Å². The van der Waals surface area contributed by atoms with Crippen LogP contribution in [0.2, 0.25) is 0 Å². The molecule has 1 rings (SSSR count). The fourth-order valence-electron chi connectivity index (χ4n) is 2.62. The van der Waals surface area contributed by atoms with Crippen LogP contribution in [-0.2, 0) is 4.18 Å². The van der Waals surface area contributed by atoms with Crippen molar-refractivity contribution in [1.82, 2.24) is 10.2 Å². The van der Waals surface area contributed by atoms with Gasteiger partial charge in [0.25, 0.3) is 0 Å². The summed E-state index contributed by atoms with van der Waals surface area (Å²) in [6.45, 7) is 11.8. The van der Waals surface area contributed by atoms with E-state index in [1.165, 1.54) is 4.90 Å².